The van der Waals surface area contributed by atoms with E-state index in [0.717, 1.165) is 0 Å². The van der Waals surface area contributed by atoms with Crippen molar-refractivity contribution < 1.29 is 32.7 Å². The summed E-state index contributed by atoms with van der Waals surface area (Å²) in [6, 6.07) is 10.0. The smallest absolute Gasteiger partial charge is 0.0118 e. The van der Waals surface area contributed by atoms with Gasteiger partial charge in [-0.2, -0.15) is 24.3 Å². The average molecular weight is 249 g/mol. The molecule has 0 saturated carbocycles. The zero-order chi connectivity index (χ0) is 8.55. The van der Waals surface area contributed by atoms with Crippen LogP contribution >= 0.6 is 0 Å². The van der Waals surface area contributed by atoms with Crippen LogP contribution in [0.5, 0.6) is 0 Å². The topological polar surface area (TPSA) is 3.24 Å². The van der Waals surface area contributed by atoms with Crippen molar-refractivity contribution in [2.45, 2.75) is 26.3 Å². The SMILES string of the molecule is CC(C)N1CCc2cc[c-]cc21.[Y]. The van der Waals surface area contributed by atoms with Crippen LogP contribution < -0.4 is 4.90 Å². The first-order valence-electron chi connectivity index (χ1n) is 4.54. The quantitative estimate of drug-likeness (QED) is 0.690. The minimum absolute atomic E-state index is 0. The van der Waals surface area contributed by atoms with Gasteiger partial charge < -0.3 is 4.90 Å². The summed E-state index contributed by atoms with van der Waals surface area (Å²) in [6.45, 7) is 5.65. The van der Waals surface area contributed by atoms with E-state index in [1.165, 1.54) is 24.2 Å². The van der Waals surface area contributed by atoms with Gasteiger partial charge in [0.1, 0.15) is 0 Å². The first kappa shape index (κ1) is 11.2. The molecule has 1 aromatic rings. The van der Waals surface area contributed by atoms with Crippen molar-refractivity contribution in [3.63, 3.8) is 0 Å². The maximum absolute atomic E-state index is 3.14. The van der Waals surface area contributed by atoms with E-state index in [1.807, 2.05) is 6.07 Å². The Kier molecular flexibility index (Phi) is 3.93. The van der Waals surface area contributed by atoms with Crippen LogP contribution in [0.1, 0.15) is 19.4 Å². The molecule has 2 rings (SSSR count). The first-order valence-corrected chi connectivity index (χ1v) is 4.54. The van der Waals surface area contributed by atoms with Crippen molar-refractivity contribution in [1.29, 1.82) is 0 Å². The summed E-state index contributed by atoms with van der Waals surface area (Å²) < 4.78 is 0. The van der Waals surface area contributed by atoms with E-state index in [1.54, 1.807) is 0 Å². The average Bonchev–Trinajstić information content (AvgIpc) is 2.47. The molecule has 2 heteroatoms. The zero-order valence-corrected chi connectivity index (χ0v) is 11.1. The molecule has 0 saturated heterocycles. The summed E-state index contributed by atoms with van der Waals surface area (Å²) >= 11 is 0. The molecule has 0 amide bonds. The maximum atomic E-state index is 3.14. The van der Waals surface area contributed by atoms with Crippen molar-refractivity contribution in [3.8, 4) is 0 Å². The molecule has 0 aromatic heterocycles. The predicted octanol–water partition coefficient (Wildman–Crippen LogP) is 2.26. The number of benzene rings is 1. The van der Waals surface area contributed by atoms with Gasteiger partial charge in [-0.3, -0.25) is 0 Å². The van der Waals surface area contributed by atoms with E-state index in [0.29, 0.717) is 6.04 Å². The van der Waals surface area contributed by atoms with Crippen LogP contribution in [-0.2, 0) is 39.1 Å². The fourth-order valence-corrected chi connectivity index (χ4v) is 1.83. The summed E-state index contributed by atoms with van der Waals surface area (Å²) in [5.74, 6) is 0. The molecule has 0 N–H and O–H groups in total. The monoisotopic (exact) mass is 249 g/mol. The molecule has 1 aromatic carbocycles. The number of hydrogen-bond acceptors (Lipinski definition) is 1. The van der Waals surface area contributed by atoms with Crippen molar-refractivity contribution in [2.24, 2.45) is 0 Å². The normalized spacial score (nSPS) is 14.2. The van der Waals surface area contributed by atoms with Gasteiger partial charge in [0, 0.05) is 45.3 Å². The third-order valence-corrected chi connectivity index (χ3v) is 2.48. The molecule has 0 aliphatic carbocycles. The zero-order valence-electron chi connectivity index (χ0n) is 8.25. The second-order valence-electron chi connectivity index (χ2n) is 3.59. The van der Waals surface area contributed by atoms with Gasteiger partial charge in [-0.15, -0.1) is 5.56 Å². The van der Waals surface area contributed by atoms with Crippen LogP contribution in [0.15, 0.2) is 18.2 Å². The van der Waals surface area contributed by atoms with Gasteiger partial charge in [-0.25, -0.2) is 0 Å². The van der Waals surface area contributed by atoms with Gasteiger partial charge in [-0.1, -0.05) is 5.69 Å². The summed E-state index contributed by atoms with van der Waals surface area (Å²) in [5.41, 5.74) is 2.86. The molecule has 0 unspecified atom stereocenters. The van der Waals surface area contributed by atoms with Crippen molar-refractivity contribution >= 4 is 5.69 Å². The van der Waals surface area contributed by atoms with Gasteiger partial charge in [0.25, 0.3) is 0 Å². The predicted molar refractivity (Wildman–Crippen MR) is 51.5 cm³/mol. The van der Waals surface area contributed by atoms with E-state index in [-0.39, 0.29) is 32.7 Å². The molecule has 1 aliphatic rings. The third-order valence-electron chi connectivity index (χ3n) is 2.48. The number of anilines is 1. The molecule has 67 valence electrons. The van der Waals surface area contributed by atoms with Crippen LogP contribution in [0.25, 0.3) is 0 Å². The molecule has 13 heavy (non-hydrogen) atoms. The van der Waals surface area contributed by atoms with E-state index >= 15 is 0 Å². The number of fused-ring (bicyclic) bond motifs is 1. The Balaban J connectivity index is 0.000000845. The largest absolute Gasteiger partial charge is 0.421 e. The van der Waals surface area contributed by atoms with Crippen LogP contribution in [0.4, 0.5) is 5.69 Å². The van der Waals surface area contributed by atoms with Gasteiger partial charge in [0.2, 0.25) is 0 Å². The second kappa shape index (κ2) is 4.57. The van der Waals surface area contributed by atoms with Gasteiger partial charge in [0.05, 0.1) is 0 Å². The molecule has 0 atom stereocenters. The minimum atomic E-state index is 0. The Morgan fingerprint density at radius 2 is 2.23 bits per heavy atom. The van der Waals surface area contributed by atoms with Crippen molar-refractivity contribution in [1.82, 2.24) is 0 Å². The van der Waals surface area contributed by atoms with E-state index in [4.69, 9.17) is 0 Å². The number of rotatable bonds is 1. The van der Waals surface area contributed by atoms with Crippen molar-refractivity contribution in [3.05, 3.63) is 29.8 Å². The number of hydrogen-bond donors (Lipinski definition) is 0. The molecular weight excluding hydrogens is 235 g/mol. The molecular formula is C11H14NY-. The van der Waals surface area contributed by atoms with Crippen LogP contribution in [0.3, 0.4) is 0 Å². The molecule has 0 bridgehead atoms. The van der Waals surface area contributed by atoms with Crippen LogP contribution in [-0.4, -0.2) is 12.6 Å². The summed E-state index contributed by atoms with van der Waals surface area (Å²) in [6.07, 6.45) is 1.20. The first-order chi connectivity index (χ1) is 5.79. The Hall–Kier alpha value is 0.124. The second-order valence-corrected chi connectivity index (χ2v) is 3.59. The van der Waals surface area contributed by atoms with Gasteiger partial charge in [0.15, 0.2) is 0 Å². The third kappa shape index (κ3) is 2.14. The number of nitrogens with zero attached hydrogens (tertiary/aromatic N) is 1. The fraction of sp³-hybridized carbons (Fsp3) is 0.455. The molecule has 1 nitrogen and oxygen atoms in total. The Bertz CT molecular complexity index is 283. The van der Waals surface area contributed by atoms with Crippen molar-refractivity contribution in [2.75, 3.05) is 11.4 Å². The molecule has 0 fully saturated rings. The standard InChI is InChI=1S/C11H14N.Y/c1-9(2)12-8-7-10-5-3-4-6-11(10)12;/h3,5-6,9H,7-8H2,1-2H3;/q-1;. The Morgan fingerprint density at radius 1 is 1.46 bits per heavy atom. The van der Waals surface area contributed by atoms with Crippen LogP contribution in [0.2, 0.25) is 0 Å². The Morgan fingerprint density at radius 3 is 2.92 bits per heavy atom. The van der Waals surface area contributed by atoms with Crippen LogP contribution in [0, 0.1) is 6.07 Å². The van der Waals surface area contributed by atoms with E-state index < -0.39 is 0 Å². The van der Waals surface area contributed by atoms with Gasteiger partial charge >= 0.3 is 0 Å². The maximum Gasteiger partial charge on any atom is 0.0118 e. The summed E-state index contributed by atoms with van der Waals surface area (Å²) in [4.78, 5) is 2.44. The summed E-state index contributed by atoms with van der Waals surface area (Å²) in [5, 5.41) is 0. The summed E-state index contributed by atoms with van der Waals surface area (Å²) in [7, 11) is 0. The molecule has 1 aliphatic heterocycles. The molecule has 1 radical (unpaired) electrons. The van der Waals surface area contributed by atoms with E-state index in [9.17, 15) is 0 Å². The minimum Gasteiger partial charge on any atom is -0.421 e. The molecule has 0 spiro atoms. The molecule has 1 heterocycles. The van der Waals surface area contributed by atoms with E-state index in [2.05, 4.69) is 36.9 Å². The van der Waals surface area contributed by atoms with Gasteiger partial charge in [-0.05, 0) is 20.3 Å². The fourth-order valence-electron chi connectivity index (χ4n) is 1.83. The Labute approximate surface area is 105 Å².